The molecule has 7 N–H and O–H groups in total. The number of rotatable bonds is 10. The van der Waals surface area contributed by atoms with Crippen LogP contribution in [0.3, 0.4) is 0 Å². The number of nitrogens with zero attached hydrogens (tertiary/aromatic N) is 1. The van der Waals surface area contributed by atoms with Crippen LogP contribution in [-0.4, -0.2) is 146 Å². The van der Waals surface area contributed by atoms with E-state index < -0.39 is 93.9 Å². The van der Waals surface area contributed by atoms with Crippen molar-refractivity contribution in [2.75, 3.05) is 33.3 Å². The molecule has 3 saturated carbocycles. The summed E-state index contributed by atoms with van der Waals surface area (Å²) < 4.78 is 17.5. The maximum atomic E-state index is 14.0. The molecule has 0 bridgehead atoms. The first kappa shape index (κ1) is 52.2. The Kier molecular flexibility index (Phi) is 16.2. The average Bonchev–Trinajstić information content (AvgIpc) is 3.45. The standard InChI is InChI=1S/C49H80N2O13/c1-12-37-48(10,61)42(57)31(6)51(26-27(2)24-47(9,60)41(56)29(4)40(55)30(5)43(58)63-37)21-13-19-50-20-17-38(54)64-49(44(59)62-11)28(3)22-35-34-15-14-32-23-33(52)16-18-45(32,7)39(34)36(53)25-46(35,49)8/h16,18,23,27-31,34-37,39-42,50,53,55-57,60-61H,12-15,17,19-22,24-26H2,1-11H3/t27-,28-,29+,30-,31-,34?,35?,36+,37-,39?,40+,41-,42-,45+,46+,47-,48-,49+/m1/s1. The maximum absolute atomic E-state index is 14.0. The molecule has 5 aliphatic rings. The molecule has 0 spiro atoms. The Hall–Kier alpha value is -2.76. The predicted molar refractivity (Wildman–Crippen MR) is 238 cm³/mol. The lowest BCUT2D eigenvalue weighted by atomic mass is 9.46. The number of fused-ring (bicyclic) bond motifs is 5. The van der Waals surface area contributed by atoms with Crippen molar-refractivity contribution in [3.63, 3.8) is 0 Å². The summed E-state index contributed by atoms with van der Waals surface area (Å²) >= 11 is 0. The van der Waals surface area contributed by atoms with E-state index in [1.54, 1.807) is 32.9 Å². The van der Waals surface area contributed by atoms with Gasteiger partial charge in [-0.3, -0.25) is 19.3 Å². The third-order valence-electron chi connectivity index (χ3n) is 16.9. The van der Waals surface area contributed by atoms with Gasteiger partial charge in [-0.1, -0.05) is 53.2 Å². The molecule has 0 aromatic heterocycles. The van der Waals surface area contributed by atoms with Crippen molar-refractivity contribution >= 4 is 23.7 Å². The zero-order valence-corrected chi connectivity index (χ0v) is 40.2. The molecule has 5 rings (SSSR count). The number of allylic oxidation sites excluding steroid dienone is 4. The Morgan fingerprint density at radius 2 is 1.64 bits per heavy atom. The molecule has 4 fully saturated rings. The number of hydrogen-bond acceptors (Lipinski definition) is 15. The minimum atomic E-state index is -1.87. The van der Waals surface area contributed by atoms with Gasteiger partial charge in [0.15, 0.2) is 5.78 Å². The summed E-state index contributed by atoms with van der Waals surface area (Å²) in [5.74, 6) is -4.76. The second-order valence-corrected chi connectivity index (χ2v) is 21.4. The normalized spacial score (nSPS) is 45.8. The van der Waals surface area contributed by atoms with Crippen LogP contribution in [0.5, 0.6) is 0 Å². The van der Waals surface area contributed by atoms with Crippen LogP contribution in [-0.2, 0) is 33.4 Å². The van der Waals surface area contributed by atoms with Crippen molar-refractivity contribution in [1.82, 2.24) is 10.2 Å². The number of carbonyl (C=O) groups excluding carboxylic acids is 4. The highest BCUT2D eigenvalue weighted by Crippen LogP contribution is 2.69. The van der Waals surface area contributed by atoms with Gasteiger partial charge in [0.25, 0.3) is 0 Å². The Morgan fingerprint density at radius 3 is 2.28 bits per heavy atom. The summed E-state index contributed by atoms with van der Waals surface area (Å²) in [4.78, 5) is 55.3. The second-order valence-electron chi connectivity index (χ2n) is 21.4. The maximum Gasteiger partial charge on any atom is 0.351 e. The Morgan fingerprint density at radius 1 is 0.969 bits per heavy atom. The van der Waals surface area contributed by atoms with Crippen molar-refractivity contribution < 1.29 is 64.0 Å². The lowest BCUT2D eigenvalue weighted by molar-refractivity contribution is -0.217. The fourth-order valence-corrected chi connectivity index (χ4v) is 13.3. The number of cyclic esters (lactones) is 1. The molecular weight excluding hydrogens is 825 g/mol. The lowest BCUT2D eigenvalue weighted by Crippen LogP contribution is -2.64. The number of methoxy groups -OCH3 is 1. The van der Waals surface area contributed by atoms with E-state index in [4.69, 9.17) is 14.2 Å². The first-order chi connectivity index (χ1) is 29.7. The minimum Gasteiger partial charge on any atom is -0.466 e. The summed E-state index contributed by atoms with van der Waals surface area (Å²) in [5, 5.41) is 72.5. The number of carbonyl (C=O) groups is 4. The minimum absolute atomic E-state index is 0.0305. The number of aliphatic hydroxyl groups is 6. The van der Waals surface area contributed by atoms with Crippen molar-refractivity contribution in [1.29, 1.82) is 0 Å². The molecule has 0 radical (unpaired) electrons. The molecule has 3 unspecified atom stereocenters. The largest absolute Gasteiger partial charge is 0.466 e. The van der Waals surface area contributed by atoms with Gasteiger partial charge in [0.2, 0.25) is 5.60 Å². The van der Waals surface area contributed by atoms with Crippen molar-refractivity contribution in [2.24, 2.45) is 52.3 Å². The van der Waals surface area contributed by atoms with Crippen LogP contribution in [0, 0.1) is 52.3 Å². The van der Waals surface area contributed by atoms with Crippen LogP contribution in [0.15, 0.2) is 23.8 Å². The van der Waals surface area contributed by atoms with Gasteiger partial charge >= 0.3 is 17.9 Å². The van der Waals surface area contributed by atoms with Crippen molar-refractivity contribution in [3.05, 3.63) is 23.8 Å². The molecule has 1 aliphatic heterocycles. The van der Waals surface area contributed by atoms with E-state index in [1.165, 1.54) is 27.9 Å². The molecule has 15 heteroatoms. The smallest absolute Gasteiger partial charge is 0.351 e. The zero-order chi connectivity index (χ0) is 47.9. The molecule has 0 aromatic carbocycles. The van der Waals surface area contributed by atoms with Gasteiger partial charge in [0, 0.05) is 47.7 Å². The summed E-state index contributed by atoms with van der Waals surface area (Å²) in [6, 6.07) is -0.651. The molecule has 4 aliphatic carbocycles. The average molecular weight is 905 g/mol. The third-order valence-corrected chi connectivity index (χ3v) is 16.9. The number of aliphatic hydroxyl groups excluding tert-OH is 4. The highest BCUT2D eigenvalue weighted by atomic mass is 16.6. The topological polar surface area (TPSA) is 233 Å². The van der Waals surface area contributed by atoms with Gasteiger partial charge in [0.05, 0.1) is 43.4 Å². The van der Waals surface area contributed by atoms with E-state index in [0.717, 1.165) is 12.0 Å². The molecule has 0 amide bonds. The number of esters is 3. The van der Waals surface area contributed by atoms with Crippen LogP contribution >= 0.6 is 0 Å². The fraction of sp³-hybridized carbons (Fsp3) is 0.837. The fourth-order valence-electron chi connectivity index (χ4n) is 13.3. The van der Waals surface area contributed by atoms with Crippen LogP contribution in [0.2, 0.25) is 0 Å². The molecule has 18 atom stereocenters. The quantitative estimate of drug-likeness (QED) is 0.0948. The first-order valence-corrected chi connectivity index (χ1v) is 23.8. The van der Waals surface area contributed by atoms with Gasteiger partial charge in [0.1, 0.15) is 17.8 Å². The monoisotopic (exact) mass is 905 g/mol. The lowest BCUT2D eigenvalue weighted by Gasteiger charge is -2.59. The number of hydrogen-bond donors (Lipinski definition) is 7. The van der Waals surface area contributed by atoms with Crippen LogP contribution < -0.4 is 5.32 Å². The van der Waals surface area contributed by atoms with Gasteiger partial charge < -0.3 is 50.2 Å². The summed E-state index contributed by atoms with van der Waals surface area (Å²) in [5.41, 5.74) is -5.47. The van der Waals surface area contributed by atoms with E-state index in [2.05, 4.69) is 12.2 Å². The van der Waals surface area contributed by atoms with Gasteiger partial charge in [-0.25, -0.2) is 4.79 Å². The predicted octanol–water partition coefficient (Wildman–Crippen LogP) is 3.24. The molecule has 64 heavy (non-hydrogen) atoms. The summed E-state index contributed by atoms with van der Waals surface area (Å²) in [7, 11) is 1.30. The summed E-state index contributed by atoms with van der Waals surface area (Å²) in [6.07, 6.45) is 2.37. The molecule has 15 nitrogen and oxygen atoms in total. The molecule has 0 aromatic rings. The number of ketones is 1. The highest BCUT2D eigenvalue weighted by Gasteiger charge is 2.74. The van der Waals surface area contributed by atoms with Crippen LogP contribution in [0.1, 0.15) is 121 Å². The van der Waals surface area contributed by atoms with Gasteiger partial charge in [-0.15, -0.1) is 0 Å². The first-order valence-electron chi connectivity index (χ1n) is 23.8. The third kappa shape index (κ3) is 9.53. The SMILES string of the molecule is CC[C@H]1OC(=O)[C@H](C)[C@@H](O)[C@H](C)[C@@H](O)[C@](C)(O)C[C@@H](C)CN(CCCNCCC(=O)O[C@]2(C(=O)OC)[C@H](C)CC3C4CCC5=CC(=O)C=C[C@]5(C)C4[C@@H](O)C[C@@]32C)[C@H](C)[C@@H](O)[C@]1(C)O. The zero-order valence-electron chi connectivity index (χ0n) is 40.2. The van der Waals surface area contributed by atoms with Crippen molar-refractivity contribution in [3.8, 4) is 0 Å². The van der Waals surface area contributed by atoms with Gasteiger partial charge in [-0.05, 0) is 116 Å². The molecule has 1 saturated heterocycles. The van der Waals surface area contributed by atoms with Gasteiger partial charge in [-0.2, -0.15) is 0 Å². The number of nitrogens with one attached hydrogen (secondary N) is 1. The Labute approximate surface area is 380 Å². The molecule has 364 valence electrons. The van der Waals surface area contributed by atoms with E-state index >= 15 is 0 Å². The van der Waals surface area contributed by atoms with E-state index in [9.17, 15) is 49.8 Å². The van der Waals surface area contributed by atoms with Crippen LogP contribution in [0.25, 0.3) is 0 Å². The molecule has 1 heterocycles. The van der Waals surface area contributed by atoms with Crippen LogP contribution in [0.4, 0.5) is 0 Å². The number of ether oxygens (including phenoxy) is 3. The Balaban J connectivity index is 1.25. The van der Waals surface area contributed by atoms with E-state index in [0.29, 0.717) is 38.9 Å². The highest BCUT2D eigenvalue weighted by molar-refractivity contribution is 6.01. The van der Waals surface area contributed by atoms with E-state index in [1.807, 2.05) is 31.7 Å². The summed E-state index contributed by atoms with van der Waals surface area (Å²) in [6.45, 7) is 18.9. The molecular formula is C49H80N2O13. The van der Waals surface area contributed by atoms with E-state index in [-0.39, 0.29) is 67.6 Å². The second kappa shape index (κ2) is 19.8. The van der Waals surface area contributed by atoms with Crippen molar-refractivity contribution in [2.45, 2.75) is 174 Å². The Bertz CT molecular complexity index is 1770.